The number of ether oxygens (including phenoxy) is 1. The van der Waals surface area contributed by atoms with Crippen LogP contribution in [-0.2, 0) is 9.53 Å². The number of nitrogens with zero attached hydrogens (tertiary/aromatic N) is 1. The smallest absolute Gasteiger partial charge is 0.226 e. The molecule has 0 aliphatic carbocycles. The minimum atomic E-state index is 0.172. The van der Waals surface area contributed by atoms with Gasteiger partial charge >= 0.3 is 0 Å². The molecule has 1 heterocycles. The maximum absolute atomic E-state index is 11.4. The molecule has 0 spiro atoms. The molecule has 68 valence electrons. The molecule has 1 rings (SSSR count). The van der Waals surface area contributed by atoms with E-state index in [1.807, 2.05) is 11.8 Å². The highest BCUT2D eigenvalue weighted by Crippen LogP contribution is 2.04. The Morgan fingerprint density at radius 1 is 1.50 bits per heavy atom. The summed E-state index contributed by atoms with van der Waals surface area (Å²) < 4.78 is 5.14. The summed E-state index contributed by atoms with van der Waals surface area (Å²) in [5, 5.41) is 0. The molecule has 0 N–H and O–H groups in total. The lowest BCUT2D eigenvalue weighted by Gasteiger charge is -2.26. The van der Waals surface area contributed by atoms with E-state index in [4.69, 9.17) is 4.74 Å². The van der Waals surface area contributed by atoms with Gasteiger partial charge in [-0.3, -0.25) is 4.79 Å². The summed E-state index contributed by atoms with van der Waals surface area (Å²) in [6.45, 7) is 8.38. The molecule has 0 unspecified atom stereocenters. The lowest BCUT2D eigenvalue weighted by molar-refractivity contribution is -0.134. The summed E-state index contributed by atoms with van der Waals surface area (Å²) in [5.74, 6) is 0.172. The van der Waals surface area contributed by atoms with Gasteiger partial charge in [0.1, 0.15) is 0 Å². The lowest BCUT2D eigenvalue weighted by atomic mass is 10.2. The zero-order chi connectivity index (χ0) is 8.97. The fourth-order valence-electron chi connectivity index (χ4n) is 1.18. The van der Waals surface area contributed by atoms with Gasteiger partial charge in [0.05, 0.1) is 13.2 Å². The molecule has 1 aliphatic heterocycles. The third-order valence-electron chi connectivity index (χ3n) is 1.82. The number of morpholine rings is 1. The molecule has 0 atom stereocenters. The molecule has 0 radical (unpaired) electrons. The standard InChI is InChI=1S/C9H15NO2/c1-8(2)7-9(11)10-3-5-12-6-4-10/h1,3-7H2,2H3. The van der Waals surface area contributed by atoms with Gasteiger partial charge in [-0.05, 0) is 6.92 Å². The Morgan fingerprint density at radius 2 is 2.08 bits per heavy atom. The SMILES string of the molecule is C=C(C)CC(=O)N1CCOCC1. The van der Waals surface area contributed by atoms with Crippen LogP contribution in [0.4, 0.5) is 0 Å². The van der Waals surface area contributed by atoms with Crippen LogP contribution in [0.1, 0.15) is 13.3 Å². The van der Waals surface area contributed by atoms with Crippen molar-refractivity contribution in [3.63, 3.8) is 0 Å². The van der Waals surface area contributed by atoms with Crippen molar-refractivity contribution in [1.82, 2.24) is 4.90 Å². The largest absolute Gasteiger partial charge is 0.378 e. The summed E-state index contributed by atoms with van der Waals surface area (Å²) in [5.41, 5.74) is 0.923. The van der Waals surface area contributed by atoms with Crippen LogP contribution in [0, 0.1) is 0 Å². The van der Waals surface area contributed by atoms with Crippen LogP contribution in [-0.4, -0.2) is 37.1 Å². The number of hydrogen-bond acceptors (Lipinski definition) is 2. The van der Waals surface area contributed by atoms with Gasteiger partial charge in [-0.2, -0.15) is 0 Å². The van der Waals surface area contributed by atoms with E-state index in [1.54, 1.807) is 0 Å². The van der Waals surface area contributed by atoms with Crippen molar-refractivity contribution in [3.05, 3.63) is 12.2 Å². The zero-order valence-corrected chi connectivity index (χ0v) is 7.51. The van der Waals surface area contributed by atoms with E-state index in [9.17, 15) is 4.79 Å². The van der Waals surface area contributed by atoms with Crippen LogP contribution in [0.5, 0.6) is 0 Å². The van der Waals surface area contributed by atoms with Crippen molar-refractivity contribution in [2.75, 3.05) is 26.3 Å². The molecule has 1 saturated heterocycles. The minimum Gasteiger partial charge on any atom is -0.378 e. The maximum Gasteiger partial charge on any atom is 0.226 e. The molecule has 1 aliphatic rings. The average molecular weight is 169 g/mol. The predicted octanol–water partition coefficient (Wildman–Crippen LogP) is 0.811. The summed E-state index contributed by atoms with van der Waals surface area (Å²) >= 11 is 0. The Balaban J connectivity index is 2.34. The first-order valence-corrected chi connectivity index (χ1v) is 4.20. The van der Waals surface area contributed by atoms with Crippen LogP contribution in [0.3, 0.4) is 0 Å². The summed E-state index contributed by atoms with van der Waals surface area (Å²) in [6.07, 6.45) is 0.472. The molecule has 3 nitrogen and oxygen atoms in total. The van der Waals surface area contributed by atoms with Crippen LogP contribution < -0.4 is 0 Å². The second kappa shape index (κ2) is 4.26. The van der Waals surface area contributed by atoms with Crippen LogP contribution in [0.15, 0.2) is 12.2 Å². The Morgan fingerprint density at radius 3 is 2.58 bits per heavy atom. The molecule has 12 heavy (non-hydrogen) atoms. The second-order valence-corrected chi connectivity index (χ2v) is 3.13. The number of carbonyl (C=O) groups is 1. The quantitative estimate of drug-likeness (QED) is 0.572. The molecule has 0 aromatic heterocycles. The van der Waals surface area contributed by atoms with E-state index in [-0.39, 0.29) is 5.91 Å². The Bertz CT molecular complexity index is 183. The summed E-state index contributed by atoms with van der Waals surface area (Å²) in [4.78, 5) is 13.2. The first-order chi connectivity index (χ1) is 5.70. The van der Waals surface area contributed by atoms with Crippen LogP contribution in [0.25, 0.3) is 0 Å². The third kappa shape index (κ3) is 2.66. The number of carbonyl (C=O) groups excluding carboxylic acids is 1. The van der Waals surface area contributed by atoms with E-state index >= 15 is 0 Å². The molecular formula is C9H15NO2. The highest BCUT2D eigenvalue weighted by Gasteiger charge is 2.15. The third-order valence-corrected chi connectivity index (χ3v) is 1.82. The van der Waals surface area contributed by atoms with Crippen LogP contribution in [0.2, 0.25) is 0 Å². The van der Waals surface area contributed by atoms with Gasteiger partial charge in [0, 0.05) is 19.5 Å². The maximum atomic E-state index is 11.4. The zero-order valence-electron chi connectivity index (χ0n) is 7.51. The van der Waals surface area contributed by atoms with Crippen molar-refractivity contribution < 1.29 is 9.53 Å². The molecule has 1 fully saturated rings. The molecule has 1 amide bonds. The molecule has 0 aromatic rings. The Labute approximate surface area is 73.0 Å². The fraction of sp³-hybridized carbons (Fsp3) is 0.667. The number of amides is 1. The van der Waals surface area contributed by atoms with E-state index in [2.05, 4.69) is 6.58 Å². The molecule has 0 saturated carbocycles. The number of hydrogen-bond donors (Lipinski definition) is 0. The lowest BCUT2D eigenvalue weighted by Crippen LogP contribution is -2.40. The van der Waals surface area contributed by atoms with Gasteiger partial charge in [-0.15, -0.1) is 0 Å². The highest BCUT2D eigenvalue weighted by molar-refractivity contribution is 5.78. The molecular weight excluding hydrogens is 154 g/mol. The highest BCUT2D eigenvalue weighted by atomic mass is 16.5. The van der Waals surface area contributed by atoms with Crippen molar-refractivity contribution in [2.24, 2.45) is 0 Å². The van der Waals surface area contributed by atoms with Gasteiger partial charge in [-0.25, -0.2) is 0 Å². The van der Waals surface area contributed by atoms with Crippen molar-refractivity contribution in [3.8, 4) is 0 Å². The van der Waals surface area contributed by atoms with Crippen molar-refractivity contribution in [1.29, 1.82) is 0 Å². The predicted molar refractivity (Wildman–Crippen MR) is 46.8 cm³/mol. The Kier molecular flexibility index (Phi) is 3.29. The van der Waals surface area contributed by atoms with Gasteiger partial charge in [-0.1, -0.05) is 12.2 Å². The number of rotatable bonds is 2. The first-order valence-electron chi connectivity index (χ1n) is 4.20. The van der Waals surface area contributed by atoms with Gasteiger partial charge in [0.15, 0.2) is 0 Å². The van der Waals surface area contributed by atoms with Crippen molar-refractivity contribution >= 4 is 5.91 Å². The second-order valence-electron chi connectivity index (χ2n) is 3.13. The summed E-state index contributed by atoms with van der Waals surface area (Å²) in [6, 6.07) is 0. The van der Waals surface area contributed by atoms with E-state index in [1.165, 1.54) is 0 Å². The summed E-state index contributed by atoms with van der Waals surface area (Å²) in [7, 11) is 0. The van der Waals surface area contributed by atoms with E-state index < -0.39 is 0 Å². The first kappa shape index (κ1) is 9.26. The van der Waals surface area contributed by atoms with Gasteiger partial charge in [0.2, 0.25) is 5.91 Å². The Hall–Kier alpha value is -0.830. The molecule has 0 aromatic carbocycles. The minimum absolute atomic E-state index is 0.172. The monoisotopic (exact) mass is 169 g/mol. The molecule has 0 bridgehead atoms. The fourth-order valence-corrected chi connectivity index (χ4v) is 1.18. The van der Waals surface area contributed by atoms with Gasteiger partial charge in [0.25, 0.3) is 0 Å². The topological polar surface area (TPSA) is 29.5 Å². The van der Waals surface area contributed by atoms with Crippen molar-refractivity contribution in [2.45, 2.75) is 13.3 Å². The van der Waals surface area contributed by atoms with E-state index in [0.717, 1.165) is 18.7 Å². The average Bonchev–Trinajstić information content (AvgIpc) is 2.05. The van der Waals surface area contributed by atoms with Crippen LogP contribution >= 0.6 is 0 Å². The molecule has 3 heteroatoms. The normalized spacial score (nSPS) is 17.6. The van der Waals surface area contributed by atoms with E-state index in [0.29, 0.717) is 19.6 Å². The van der Waals surface area contributed by atoms with Gasteiger partial charge < -0.3 is 9.64 Å².